The fourth-order valence-electron chi connectivity index (χ4n) is 2.29. The average Bonchev–Trinajstić information content (AvgIpc) is 2.57. The van der Waals surface area contributed by atoms with E-state index in [9.17, 15) is 14.4 Å². The number of ether oxygens (including phenoxy) is 5. The van der Waals surface area contributed by atoms with E-state index in [2.05, 4.69) is 0 Å². The van der Waals surface area contributed by atoms with Crippen LogP contribution in [0.25, 0.3) is 0 Å². The molecule has 0 bridgehead atoms. The molecule has 0 heterocycles. The number of rotatable bonds is 15. The second kappa shape index (κ2) is 15.4. The minimum atomic E-state index is -1.03. The first kappa shape index (κ1) is 25.3. The smallest absolute Gasteiger partial charge is 0.303 e. The molecule has 0 aliphatic heterocycles. The molecule has 0 saturated carbocycles. The molecule has 0 aliphatic rings. The van der Waals surface area contributed by atoms with E-state index < -0.39 is 36.2 Å². The van der Waals surface area contributed by atoms with Crippen molar-refractivity contribution in [3.05, 3.63) is 0 Å². The molecule has 0 fully saturated rings. The van der Waals surface area contributed by atoms with Crippen molar-refractivity contribution in [2.45, 2.75) is 78.6 Å². The summed E-state index contributed by atoms with van der Waals surface area (Å²) in [5, 5.41) is 0. The highest BCUT2D eigenvalue weighted by Gasteiger charge is 2.37. The molecule has 0 aromatic heterocycles. The molecule has 0 aromatic rings. The topological polar surface area (TPSA) is 97.4 Å². The van der Waals surface area contributed by atoms with Crippen molar-refractivity contribution in [1.29, 1.82) is 0 Å². The summed E-state index contributed by atoms with van der Waals surface area (Å²) < 4.78 is 27.0. The predicted octanol–water partition coefficient (Wildman–Crippen LogP) is 2.41. The summed E-state index contributed by atoms with van der Waals surface area (Å²) in [5.74, 6) is -1.69. The van der Waals surface area contributed by atoms with Gasteiger partial charge in [0.15, 0.2) is 18.3 Å². The fourth-order valence-corrected chi connectivity index (χ4v) is 2.29. The lowest BCUT2D eigenvalue weighted by Crippen LogP contribution is -2.49. The van der Waals surface area contributed by atoms with Crippen LogP contribution in [0, 0.1) is 0 Å². The molecule has 0 radical (unpaired) electrons. The van der Waals surface area contributed by atoms with E-state index in [4.69, 9.17) is 23.7 Å². The van der Waals surface area contributed by atoms with Gasteiger partial charge in [-0.1, -0.05) is 26.7 Å². The zero-order valence-corrected chi connectivity index (χ0v) is 17.2. The summed E-state index contributed by atoms with van der Waals surface area (Å²) in [5.41, 5.74) is 0. The molecule has 0 rings (SSSR count). The predicted molar refractivity (Wildman–Crippen MR) is 98.1 cm³/mol. The maximum absolute atomic E-state index is 11.6. The van der Waals surface area contributed by atoms with Crippen LogP contribution in [0.3, 0.4) is 0 Å². The number of hydrogen-bond acceptors (Lipinski definition) is 8. The van der Waals surface area contributed by atoms with Crippen molar-refractivity contribution >= 4 is 17.9 Å². The zero-order valence-electron chi connectivity index (χ0n) is 17.2. The van der Waals surface area contributed by atoms with Crippen LogP contribution in [0.15, 0.2) is 0 Å². The zero-order chi connectivity index (χ0) is 20.7. The lowest BCUT2D eigenvalue weighted by atomic mass is 10.1. The second-order valence-corrected chi connectivity index (χ2v) is 6.23. The number of carbonyl (C=O) groups is 3. The molecule has 3 atom stereocenters. The van der Waals surface area contributed by atoms with Gasteiger partial charge in [-0.05, 0) is 12.8 Å². The quantitative estimate of drug-likeness (QED) is 0.239. The van der Waals surface area contributed by atoms with Gasteiger partial charge >= 0.3 is 17.9 Å². The van der Waals surface area contributed by atoms with Gasteiger partial charge in [0.2, 0.25) is 0 Å². The number of hydrogen-bond donors (Lipinski definition) is 0. The molecule has 27 heavy (non-hydrogen) atoms. The summed E-state index contributed by atoms with van der Waals surface area (Å²) in [7, 11) is 0. The van der Waals surface area contributed by atoms with E-state index in [0.29, 0.717) is 13.2 Å². The standard InChI is InChI=1S/C19H34O8/c1-6-8-10-23-12-17(25-14(3)20)19(27-16(5)22)18(26-15(4)21)13-24-11-9-7-2/h17-19H,6-13H2,1-5H3/t17-,18+,19?. The SMILES string of the molecule is CCCCOC[C@H](OC(C)=O)C(OC(C)=O)[C@@H](COCCCC)OC(C)=O. The molecular weight excluding hydrogens is 356 g/mol. The van der Waals surface area contributed by atoms with Crippen molar-refractivity contribution in [3.63, 3.8) is 0 Å². The van der Waals surface area contributed by atoms with Crippen molar-refractivity contribution in [2.75, 3.05) is 26.4 Å². The second-order valence-electron chi connectivity index (χ2n) is 6.23. The third-order valence-corrected chi connectivity index (χ3v) is 3.52. The Morgan fingerprint density at radius 2 is 1.04 bits per heavy atom. The highest BCUT2D eigenvalue weighted by molar-refractivity contribution is 5.68. The van der Waals surface area contributed by atoms with E-state index >= 15 is 0 Å². The van der Waals surface area contributed by atoms with Crippen LogP contribution in [-0.4, -0.2) is 62.6 Å². The first-order valence-corrected chi connectivity index (χ1v) is 9.48. The Morgan fingerprint density at radius 3 is 1.33 bits per heavy atom. The van der Waals surface area contributed by atoms with Crippen LogP contribution >= 0.6 is 0 Å². The number of esters is 3. The van der Waals surface area contributed by atoms with Crippen LogP contribution in [0.1, 0.15) is 60.3 Å². The lowest BCUT2D eigenvalue weighted by molar-refractivity contribution is -0.192. The van der Waals surface area contributed by atoms with Gasteiger partial charge in [-0.2, -0.15) is 0 Å². The highest BCUT2D eigenvalue weighted by atomic mass is 16.6. The average molecular weight is 390 g/mol. The van der Waals surface area contributed by atoms with Gasteiger partial charge in [0, 0.05) is 34.0 Å². The van der Waals surface area contributed by atoms with Gasteiger partial charge in [0.05, 0.1) is 13.2 Å². The first-order chi connectivity index (χ1) is 12.8. The molecular formula is C19H34O8. The highest BCUT2D eigenvalue weighted by Crippen LogP contribution is 2.16. The number of carbonyl (C=O) groups excluding carboxylic acids is 3. The van der Waals surface area contributed by atoms with Gasteiger partial charge in [-0.25, -0.2) is 0 Å². The molecule has 8 heteroatoms. The molecule has 158 valence electrons. The van der Waals surface area contributed by atoms with Gasteiger partial charge in [-0.15, -0.1) is 0 Å². The lowest BCUT2D eigenvalue weighted by Gasteiger charge is -2.31. The monoisotopic (exact) mass is 390 g/mol. The van der Waals surface area contributed by atoms with Crippen LogP contribution in [0.4, 0.5) is 0 Å². The fraction of sp³-hybridized carbons (Fsp3) is 0.842. The summed E-state index contributed by atoms with van der Waals surface area (Å²) in [6.07, 6.45) is 0.736. The van der Waals surface area contributed by atoms with E-state index in [-0.39, 0.29) is 13.2 Å². The summed E-state index contributed by atoms with van der Waals surface area (Å²) in [6, 6.07) is 0. The van der Waals surface area contributed by atoms with Crippen molar-refractivity contribution < 1.29 is 38.1 Å². The Labute approximate surface area is 161 Å². The van der Waals surface area contributed by atoms with Crippen molar-refractivity contribution in [1.82, 2.24) is 0 Å². The Hall–Kier alpha value is -1.67. The van der Waals surface area contributed by atoms with Gasteiger partial charge < -0.3 is 23.7 Å². The normalized spacial score (nSPS) is 14.1. The largest absolute Gasteiger partial charge is 0.456 e. The molecule has 0 aromatic carbocycles. The van der Waals surface area contributed by atoms with Crippen LogP contribution in [0.5, 0.6) is 0 Å². The molecule has 0 amide bonds. The summed E-state index contributed by atoms with van der Waals surface area (Å²) in [6.45, 7) is 8.79. The number of unbranched alkanes of at least 4 members (excludes halogenated alkanes) is 2. The van der Waals surface area contributed by atoms with E-state index in [1.165, 1.54) is 20.8 Å². The van der Waals surface area contributed by atoms with Gasteiger partial charge in [0.25, 0.3) is 0 Å². The molecule has 8 nitrogen and oxygen atoms in total. The summed E-state index contributed by atoms with van der Waals surface area (Å²) >= 11 is 0. The van der Waals surface area contributed by atoms with Crippen molar-refractivity contribution in [3.8, 4) is 0 Å². The van der Waals surface area contributed by atoms with E-state index in [0.717, 1.165) is 25.7 Å². The molecule has 0 aliphatic carbocycles. The molecule has 1 unspecified atom stereocenters. The third-order valence-electron chi connectivity index (χ3n) is 3.52. The minimum absolute atomic E-state index is 0.0181. The van der Waals surface area contributed by atoms with Gasteiger partial charge in [-0.3, -0.25) is 14.4 Å². The molecule has 0 N–H and O–H groups in total. The third kappa shape index (κ3) is 13.2. The maximum Gasteiger partial charge on any atom is 0.303 e. The Balaban J connectivity index is 5.29. The van der Waals surface area contributed by atoms with Crippen LogP contribution in [0.2, 0.25) is 0 Å². The molecule has 0 spiro atoms. The Morgan fingerprint density at radius 1 is 0.667 bits per heavy atom. The Kier molecular flexibility index (Phi) is 14.4. The summed E-state index contributed by atoms with van der Waals surface area (Å²) in [4.78, 5) is 34.6. The maximum atomic E-state index is 11.6. The van der Waals surface area contributed by atoms with Crippen molar-refractivity contribution in [2.24, 2.45) is 0 Å². The van der Waals surface area contributed by atoms with E-state index in [1.807, 2.05) is 13.8 Å². The van der Waals surface area contributed by atoms with Crippen LogP contribution < -0.4 is 0 Å². The Bertz CT molecular complexity index is 405. The molecule has 0 saturated heterocycles. The van der Waals surface area contributed by atoms with Gasteiger partial charge in [0.1, 0.15) is 0 Å². The van der Waals surface area contributed by atoms with E-state index in [1.54, 1.807) is 0 Å². The first-order valence-electron chi connectivity index (χ1n) is 9.48. The minimum Gasteiger partial charge on any atom is -0.456 e. The van der Waals surface area contributed by atoms with Crippen LogP contribution in [-0.2, 0) is 38.1 Å².